The molecule has 2 aromatic carbocycles. The Hall–Kier alpha value is -2.30. The number of hydrogen-bond donors (Lipinski definition) is 1. The average molecular weight is 334 g/mol. The van der Waals surface area contributed by atoms with E-state index in [1.54, 1.807) is 4.90 Å². The summed E-state index contributed by atoms with van der Waals surface area (Å²) in [6.45, 7) is 1.24. The van der Waals surface area contributed by atoms with Crippen LogP contribution in [0.4, 0.5) is 0 Å². The summed E-state index contributed by atoms with van der Waals surface area (Å²) in [4.78, 5) is 25.6. The maximum Gasteiger partial charge on any atom is 0.222 e. The summed E-state index contributed by atoms with van der Waals surface area (Å²) in [5.74, 6) is -0.378. The molecule has 0 saturated carbocycles. The van der Waals surface area contributed by atoms with E-state index in [2.05, 4.69) is 29.6 Å². The Labute approximate surface area is 150 Å². The van der Waals surface area contributed by atoms with Gasteiger partial charge in [-0.05, 0) is 41.5 Å². The Morgan fingerprint density at radius 2 is 1.96 bits per heavy atom. The molecule has 128 valence electrons. The minimum Gasteiger partial charge on any atom is -0.362 e. The molecule has 1 aliphatic rings. The molecule has 2 aromatic rings. The Morgan fingerprint density at radius 1 is 1.16 bits per heavy atom. The zero-order valence-corrected chi connectivity index (χ0v) is 14.4. The molecular weight excluding hydrogens is 311 g/mol. The number of carbonyl (C=O) groups excluding carboxylic acids is 2. The van der Waals surface area contributed by atoms with Crippen LogP contribution < -0.4 is 5.32 Å². The van der Waals surface area contributed by atoms with Crippen LogP contribution in [0.3, 0.4) is 0 Å². The van der Waals surface area contributed by atoms with Crippen molar-refractivity contribution in [2.75, 3.05) is 13.1 Å². The van der Waals surface area contributed by atoms with Crippen molar-refractivity contribution in [3.05, 3.63) is 48.0 Å². The molecule has 1 atom stereocenters. The van der Waals surface area contributed by atoms with Gasteiger partial charge in [-0.1, -0.05) is 42.5 Å². The Morgan fingerprint density at radius 3 is 2.76 bits per heavy atom. The van der Waals surface area contributed by atoms with E-state index in [1.165, 1.54) is 10.8 Å². The molecule has 1 heterocycles. The Bertz CT molecular complexity index is 762. The summed E-state index contributed by atoms with van der Waals surface area (Å²) in [7, 11) is 6.07. The van der Waals surface area contributed by atoms with Crippen LogP contribution in [-0.4, -0.2) is 43.6 Å². The predicted molar refractivity (Wildman–Crippen MR) is 100 cm³/mol. The van der Waals surface area contributed by atoms with Crippen LogP contribution >= 0.6 is 0 Å². The first-order valence-corrected chi connectivity index (χ1v) is 8.92. The molecule has 1 saturated heterocycles. The monoisotopic (exact) mass is 334 g/mol. The highest BCUT2D eigenvalue weighted by Crippen LogP contribution is 2.16. The van der Waals surface area contributed by atoms with Gasteiger partial charge in [-0.25, -0.2) is 0 Å². The third-order valence-electron chi connectivity index (χ3n) is 4.65. The van der Waals surface area contributed by atoms with Crippen molar-refractivity contribution >= 4 is 30.4 Å². The van der Waals surface area contributed by atoms with Crippen LogP contribution in [0.5, 0.6) is 0 Å². The second-order valence-corrected chi connectivity index (χ2v) is 6.65. The van der Waals surface area contributed by atoms with E-state index in [0.717, 1.165) is 24.9 Å². The van der Waals surface area contributed by atoms with Gasteiger partial charge in [0.1, 0.15) is 0 Å². The lowest BCUT2D eigenvalue weighted by atomic mass is 9.89. The molecular formula is C20H23BN2O2. The largest absolute Gasteiger partial charge is 0.362 e. The number of hydrogen-bond acceptors (Lipinski definition) is 2. The van der Waals surface area contributed by atoms with Crippen molar-refractivity contribution in [3.8, 4) is 0 Å². The SMILES string of the molecule is [B]C(Cc1ccc2ccccc2c1)NC(=O)CCN1CCCCC1=O. The second kappa shape index (κ2) is 8.19. The van der Waals surface area contributed by atoms with Crippen molar-refractivity contribution in [1.82, 2.24) is 10.2 Å². The van der Waals surface area contributed by atoms with Gasteiger partial charge in [0.25, 0.3) is 0 Å². The number of amides is 2. The highest BCUT2D eigenvalue weighted by atomic mass is 16.2. The predicted octanol–water partition coefficient (Wildman–Crippen LogP) is 2.40. The molecule has 1 N–H and O–H groups in total. The van der Waals surface area contributed by atoms with Crippen molar-refractivity contribution in [3.63, 3.8) is 0 Å². The fourth-order valence-electron chi connectivity index (χ4n) is 3.28. The molecule has 0 bridgehead atoms. The smallest absolute Gasteiger partial charge is 0.222 e. The highest BCUT2D eigenvalue weighted by Gasteiger charge is 2.18. The fraction of sp³-hybridized carbons (Fsp3) is 0.400. The van der Waals surface area contributed by atoms with E-state index in [4.69, 9.17) is 7.85 Å². The maximum absolute atomic E-state index is 12.1. The first kappa shape index (κ1) is 17.5. The number of benzene rings is 2. The van der Waals surface area contributed by atoms with Crippen LogP contribution in [0.1, 0.15) is 31.2 Å². The van der Waals surface area contributed by atoms with Gasteiger partial charge in [0, 0.05) is 25.9 Å². The minimum absolute atomic E-state index is 0.105. The number of rotatable bonds is 6. The minimum atomic E-state index is -0.425. The molecule has 25 heavy (non-hydrogen) atoms. The second-order valence-electron chi connectivity index (χ2n) is 6.65. The standard InChI is InChI=1S/C20H23BN2O2/c21-18(14-15-8-9-16-5-1-2-6-17(16)13-15)22-19(24)10-12-23-11-4-3-7-20(23)25/h1-2,5-6,8-9,13,18H,3-4,7,10-12,14H2,(H,22,24). The number of nitrogens with zero attached hydrogens (tertiary/aromatic N) is 1. The van der Waals surface area contributed by atoms with Crippen molar-refractivity contribution in [1.29, 1.82) is 0 Å². The first-order chi connectivity index (χ1) is 12.1. The van der Waals surface area contributed by atoms with Crippen LogP contribution in [0.2, 0.25) is 0 Å². The summed E-state index contributed by atoms with van der Waals surface area (Å²) in [5.41, 5.74) is 1.10. The van der Waals surface area contributed by atoms with Gasteiger partial charge >= 0.3 is 0 Å². The lowest BCUT2D eigenvalue weighted by molar-refractivity contribution is -0.133. The molecule has 0 aromatic heterocycles. The van der Waals surface area contributed by atoms with Crippen molar-refractivity contribution < 1.29 is 9.59 Å². The number of likely N-dealkylation sites (tertiary alicyclic amines) is 1. The molecule has 3 rings (SSSR count). The van der Waals surface area contributed by atoms with Gasteiger partial charge in [-0.3, -0.25) is 9.59 Å². The molecule has 5 heteroatoms. The summed E-state index contributed by atoms with van der Waals surface area (Å²) in [5, 5.41) is 5.19. The van der Waals surface area contributed by atoms with E-state index in [9.17, 15) is 9.59 Å². The number of fused-ring (bicyclic) bond motifs is 1. The number of piperidine rings is 1. The normalized spacial score (nSPS) is 16.0. The van der Waals surface area contributed by atoms with E-state index in [-0.39, 0.29) is 11.8 Å². The molecule has 1 unspecified atom stereocenters. The van der Waals surface area contributed by atoms with Gasteiger partial charge < -0.3 is 10.2 Å². The topological polar surface area (TPSA) is 49.4 Å². The Balaban J connectivity index is 1.48. The zero-order chi connectivity index (χ0) is 17.6. The van der Waals surface area contributed by atoms with Gasteiger partial charge in [-0.2, -0.15) is 0 Å². The van der Waals surface area contributed by atoms with Crippen molar-refractivity contribution in [2.45, 2.75) is 38.0 Å². The van der Waals surface area contributed by atoms with Crippen LogP contribution in [0.15, 0.2) is 42.5 Å². The molecule has 1 aliphatic heterocycles. The molecule has 1 fully saturated rings. The van der Waals surface area contributed by atoms with Gasteiger partial charge in [0.2, 0.25) is 11.8 Å². The van der Waals surface area contributed by atoms with E-state index in [0.29, 0.717) is 25.8 Å². The summed E-state index contributed by atoms with van der Waals surface area (Å²) in [6, 6.07) is 14.4. The van der Waals surface area contributed by atoms with Crippen LogP contribution in [0, 0.1) is 0 Å². The first-order valence-electron chi connectivity index (χ1n) is 8.92. The third kappa shape index (κ3) is 4.85. The summed E-state index contributed by atoms with van der Waals surface area (Å²) >= 11 is 0. The lowest BCUT2D eigenvalue weighted by Gasteiger charge is -2.26. The Kier molecular flexibility index (Phi) is 5.74. The number of nitrogens with one attached hydrogen (secondary N) is 1. The van der Waals surface area contributed by atoms with Crippen LogP contribution in [-0.2, 0) is 16.0 Å². The van der Waals surface area contributed by atoms with Gasteiger partial charge in [0.15, 0.2) is 0 Å². The zero-order valence-electron chi connectivity index (χ0n) is 14.4. The molecule has 0 spiro atoms. The molecule has 0 aliphatic carbocycles. The third-order valence-corrected chi connectivity index (χ3v) is 4.65. The van der Waals surface area contributed by atoms with Gasteiger partial charge in [-0.15, -0.1) is 0 Å². The average Bonchev–Trinajstić information content (AvgIpc) is 2.61. The quantitative estimate of drug-likeness (QED) is 0.825. The number of carbonyl (C=O) groups is 2. The fourth-order valence-corrected chi connectivity index (χ4v) is 3.28. The van der Waals surface area contributed by atoms with Crippen molar-refractivity contribution in [2.24, 2.45) is 0 Å². The van der Waals surface area contributed by atoms with E-state index < -0.39 is 5.94 Å². The maximum atomic E-state index is 12.1. The summed E-state index contributed by atoms with van der Waals surface area (Å²) < 4.78 is 0. The highest BCUT2D eigenvalue weighted by molar-refractivity contribution is 6.13. The van der Waals surface area contributed by atoms with E-state index >= 15 is 0 Å². The lowest BCUT2D eigenvalue weighted by Crippen LogP contribution is -2.41. The van der Waals surface area contributed by atoms with Gasteiger partial charge in [0.05, 0.1) is 7.85 Å². The molecule has 2 amide bonds. The summed E-state index contributed by atoms with van der Waals surface area (Å²) in [6.07, 6.45) is 3.46. The van der Waals surface area contributed by atoms with E-state index in [1.807, 2.05) is 18.2 Å². The molecule has 4 nitrogen and oxygen atoms in total. The van der Waals surface area contributed by atoms with Crippen LogP contribution in [0.25, 0.3) is 10.8 Å². The molecule has 2 radical (unpaired) electrons.